The van der Waals surface area contributed by atoms with Gasteiger partial charge in [0.15, 0.2) is 0 Å². The molecule has 27 heavy (non-hydrogen) atoms. The lowest BCUT2D eigenvalue weighted by Crippen LogP contribution is -2.39. The summed E-state index contributed by atoms with van der Waals surface area (Å²) in [6, 6.07) is 11.7. The van der Waals surface area contributed by atoms with Crippen LogP contribution in [0.5, 0.6) is 0 Å². The molecule has 3 heterocycles. The molecule has 2 aromatic heterocycles. The number of likely N-dealkylation sites (tertiary alicyclic amines) is 1. The van der Waals surface area contributed by atoms with Crippen molar-refractivity contribution in [1.29, 1.82) is 0 Å². The van der Waals surface area contributed by atoms with E-state index in [1.807, 2.05) is 30.0 Å². The average Bonchev–Trinajstić information content (AvgIpc) is 3.05. The zero-order valence-corrected chi connectivity index (χ0v) is 15.1. The van der Waals surface area contributed by atoms with Gasteiger partial charge in [-0.2, -0.15) is 0 Å². The Labute approximate surface area is 156 Å². The highest BCUT2D eigenvalue weighted by Gasteiger charge is 2.28. The number of carboxylic acids is 1. The Morgan fingerprint density at radius 1 is 1.22 bits per heavy atom. The molecule has 0 spiro atoms. The van der Waals surface area contributed by atoms with E-state index in [4.69, 9.17) is 0 Å². The van der Waals surface area contributed by atoms with E-state index >= 15 is 0 Å². The number of carbonyl (C=O) groups is 2. The third-order valence-corrected chi connectivity index (χ3v) is 5.36. The van der Waals surface area contributed by atoms with E-state index in [-0.39, 0.29) is 11.5 Å². The number of carbonyl (C=O) groups excluding carboxylic acids is 1. The van der Waals surface area contributed by atoms with Crippen LogP contribution >= 0.6 is 0 Å². The van der Waals surface area contributed by atoms with Gasteiger partial charge in [0.25, 0.3) is 5.91 Å². The van der Waals surface area contributed by atoms with Crippen molar-refractivity contribution in [2.45, 2.75) is 25.7 Å². The van der Waals surface area contributed by atoms with Crippen LogP contribution in [-0.4, -0.2) is 44.9 Å². The number of pyridine rings is 1. The number of piperidine rings is 1. The van der Waals surface area contributed by atoms with Gasteiger partial charge in [-0.1, -0.05) is 30.3 Å². The predicted octanol–water partition coefficient (Wildman–Crippen LogP) is 3.59. The SMILES string of the molecule is Cc1c(C(=O)N2CCCC(c3ccccc3)C2)[nH]c2c(C(=O)O)ccnc12. The van der Waals surface area contributed by atoms with Crippen LogP contribution in [0.25, 0.3) is 11.0 Å². The number of nitrogens with zero attached hydrogens (tertiary/aromatic N) is 2. The fourth-order valence-electron chi connectivity index (χ4n) is 3.92. The van der Waals surface area contributed by atoms with Crippen LogP contribution in [0, 0.1) is 6.92 Å². The molecule has 6 heteroatoms. The number of hydrogen-bond acceptors (Lipinski definition) is 3. The van der Waals surface area contributed by atoms with Crippen LogP contribution in [0.1, 0.15) is 50.7 Å². The van der Waals surface area contributed by atoms with Gasteiger partial charge >= 0.3 is 5.97 Å². The minimum atomic E-state index is -1.04. The highest BCUT2D eigenvalue weighted by Crippen LogP contribution is 2.29. The second-order valence-electron chi connectivity index (χ2n) is 7.01. The monoisotopic (exact) mass is 363 g/mol. The number of aromatic carboxylic acids is 1. The van der Waals surface area contributed by atoms with E-state index in [2.05, 4.69) is 22.1 Å². The second kappa shape index (κ2) is 6.87. The maximum Gasteiger partial charge on any atom is 0.337 e. The number of hydrogen-bond donors (Lipinski definition) is 2. The standard InChI is InChI=1S/C21H21N3O3/c1-13-17-19(16(21(26)27)9-10-22-17)23-18(13)20(25)24-11-5-8-15(12-24)14-6-3-2-4-7-14/h2-4,6-7,9-10,15,23H,5,8,11-12H2,1H3,(H,26,27). The molecule has 0 saturated carbocycles. The quantitative estimate of drug-likeness (QED) is 0.744. The molecule has 0 bridgehead atoms. The van der Waals surface area contributed by atoms with E-state index in [0.717, 1.165) is 12.8 Å². The largest absolute Gasteiger partial charge is 0.478 e. The number of aromatic amines is 1. The Morgan fingerprint density at radius 2 is 2.00 bits per heavy atom. The lowest BCUT2D eigenvalue weighted by atomic mass is 9.90. The summed E-state index contributed by atoms with van der Waals surface area (Å²) in [5, 5.41) is 9.39. The van der Waals surface area contributed by atoms with Crippen molar-refractivity contribution in [3.05, 3.63) is 65.0 Å². The Kier molecular flexibility index (Phi) is 4.39. The van der Waals surface area contributed by atoms with Crippen molar-refractivity contribution in [2.24, 2.45) is 0 Å². The average molecular weight is 363 g/mol. The third kappa shape index (κ3) is 3.07. The summed E-state index contributed by atoms with van der Waals surface area (Å²) in [6.07, 6.45) is 3.47. The maximum atomic E-state index is 13.2. The zero-order chi connectivity index (χ0) is 19.0. The summed E-state index contributed by atoms with van der Waals surface area (Å²) < 4.78 is 0. The first-order valence-electron chi connectivity index (χ1n) is 9.11. The molecular weight excluding hydrogens is 342 g/mol. The van der Waals surface area contributed by atoms with Crippen LogP contribution < -0.4 is 0 Å². The lowest BCUT2D eigenvalue weighted by Gasteiger charge is -2.33. The molecule has 4 rings (SSSR count). The summed E-state index contributed by atoms with van der Waals surface area (Å²) in [6.45, 7) is 3.18. The molecule has 1 fully saturated rings. The van der Waals surface area contributed by atoms with E-state index < -0.39 is 5.97 Å². The number of nitrogens with one attached hydrogen (secondary N) is 1. The summed E-state index contributed by atoms with van der Waals surface area (Å²) in [5.41, 5.74) is 3.44. The van der Waals surface area contributed by atoms with E-state index in [1.165, 1.54) is 17.8 Å². The van der Waals surface area contributed by atoms with Crippen molar-refractivity contribution < 1.29 is 14.7 Å². The van der Waals surface area contributed by atoms with Crippen LogP contribution in [0.2, 0.25) is 0 Å². The Morgan fingerprint density at radius 3 is 2.74 bits per heavy atom. The van der Waals surface area contributed by atoms with E-state index in [9.17, 15) is 14.7 Å². The van der Waals surface area contributed by atoms with Gasteiger partial charge in [-0.05, 0) is 31.4 Å². The van der Waals surface area contributed by atoms with Gasteiger partial charge in [0, 0.05) is 30.8 Å². The third-order valence-electron chi connectivity index (χ3n) is 5.36. The van der Waals surface area contributed by atoms with Gasteiger partial charge in [-0.3, -0.25) is 9.78 Å². The summed E-state index contributed by atoms with van der Waals surface area (Å²) >= 11 is 0. The van der Waals surface area contributed by atoms with Crippen LogP contribution in [0.3, 0.4) is 0 Å². The zero-order valence-electron chi connectivity index (χ0n) is 15.1. The number of amides is 1. The molecule has 1 unspecified atom stereocenters. The number of rotatable bonds is 3. The van der Waals surface area contributed by atoms with Gasteiger partial charge in [-0.15, -0.1) is 0 Å². The summed E-state index contributed by atoms with van der Waals surface area (Å²) in [7, 11) is 0. The molecule has 138 valence electrons. The fraction of sp³-hybridized carbons (Fsp3) is 0.286. The number of aryl methyl sites for hydroxylation is 1. The normalized spacial score (nSPS) is 17.2. The topological polar surface area (TPSA) is 86.3 Å². The smallest absolute Gasteiger partial charge is 0.337 e. The van der Waals surface area contributed by atoms with Crippen molar-refractivity contribution in [3.63, 3.8) is 0 Å². The van der Waals surface area contributed by atoms with Crippen molar-refractivity contribution >= 4 is 22.9 Å². The van der Waals surface area contributed by atoms with Crippen LogP contribution in [0.4, 0.5) is 0 Å². The molecule has 1 aliphatic heterocycles. The first kappa shape index (κ1) is 17.3. The Balaban J connectivity index is 1.65. The molecule has 1 aliphatic rings. The molecule has 3 aromatic rings. The maximum absolute atomic E-state index is 13.2. The molecule has 1 amide bonds. The molecule has 0 radical (unpaired) electrons. The van der Waals surface area contributed by atoms with E-state index in [1.54, 1.807) is 0 Å². The molecule has 1 saturated heterocycles. The van der Waals surface area contributed by atoms with Gasteiger partial charge < -0.3 is 15.0 Å². The first-order valence-corrected chi connectivity index (χ1v) is 9.11. The van der Waals surface area contributed by atoms with Gasteiger partial charge in [0.2, 0.25) is 0 Å². The molecule has 1 aromatic carbocycles. The molecule has 0 aliphatic carbocycles. The minimum absolute atomic E-state index is 0.0949. The highest BCUT2D eigenvalue weighted by atomic mass is 16.4. The summed E-state index contributed by atoms with van der Waals surface area (Å²) in [4.78, 5) is 33.8. The molecule has 6 nitrogen and oxygen atoms in total. The summed E-state index contributed by atoms with van der Waals surface area (Å²) in [5.74, 6) is -0.812. The van der Waals surface area contributed by atoms with Crippen molar-refractivity contribution in [2.75, 3.05) is 13.1 Å². The first-order chi connectivity index (χ1) is 13.1. The highest BCUT2D eigenvalue weighted by molar-refractivity contribution is 6.06. The van der Waals surface area contributed by atoms with Crippen molar-refractivity contribution in [1.82, 2.24) is 14.9 Å². The minimum Gasteiger partial charge on any atom is -0.478 e. The molecule has 2 N–H and O–H groups in total. The Hall–Kier alpha value is -3.15. The predicted molar refractivity (Wildman–Crippen MR) is 102 cm³/mol. The number of aromatic nitrogens is 2. The van der Waals surface area contributed by atoms with Crippen LogP contribution in [-0.2, 0) is 0 Å². The van der Waals surface area contributed by atoms with E-state index in [0.29, 0.717) is 41.3 Å². The number of H-pyrrole nitrogens is 1. The molecule has 1 atom stereocenters. The Bertz CT molecular complexity index is 1010. The van der Waals surface area contributed by atoms with Crippen LogP contribution in [0.15, 0.2) is 42.6 Å². The number of benzene rings is 1. The van der Waals surface area contributed by atoms with Gasteiger partial charge in [0.05, 0.1) is 16.6 Å². The number of fused-ring (bicyclic) bond motifs is 1. The lowest BCUT2D eigenvalue weighted by molar-refractivity contribution is 0.0688. The molecular formula is C21H21N3O3. The second-order valence-corrected chi connectivity index (χ2v) is 7.01. The van der Waals surface area contributed by atoms with Crippen molar-refractivity contribution in [3.8, 4) is 0 Å². The van der Waals surface area contributed by atoms with Gasteiger partial charge in [-0.25, -0.2) is 4.79 Å². The van der Waals surface area contributed by atoms with Gasteiger partial charge in [0.1, 0.15) is 5.69 Å². The fourth-order valence-corrected chi connectivity index (χ4v) is 3.92. The number of carboxylic acid groups (broad SMARTS) is 1.